The van der Waals surface area contributed by atoms with Gasteiger partial charge in [0, 0.05) is 11.1 Å². The van der Waals surface area contributed by atoms with Gasteiger partial charge in [0.2, 0.25) is 0 Å². The molecular formula is C8H7BrClN3O2. The van der Waals surface area contributed by atoms with E-state index in [9.17, 15) is 10.1 Å². The Morgan fingerprint density at radius 3 is 2.93 bits per heavy atom. The highest BCUT2D eigenvalue weighted by molar-refractivity contribution is 9.10. The maximum Gasteiger partial charge on any atom is 0.288 e. The molecule has 80 valence electrons. The van der Waals surface area contributed by atoms with Crippen molar-refractivity contribution >= 4 is 39.0 Å². The van der Waals surface area contributed by atoms with Crippen molar-refractivity contribution in [3.05, 3.63) is 38.5 Å². The van der Waals surface area contributed by atoms with Gasteiger partial charge in [-0.25, -0.2) is 4.98 Å². The van der Waals surface area contributed by atoms with Gasteiger partial charge in [0.25, 0.3) is 5.69 Å². The van der Waals surface area contributed by atoms with E-state index in [4.69, 9.17) is 11.6 Å². The third kappa shape index (κ3) is 3.49. The molecule has 0 amide bonds. The van der Waals surface area contributed by atoms with E-state index >= 15 is 0 Å². The maximum atomic E-state index is 10.4. The second-order valence-corrected chi connectivity index (χ2v) is 4.04. The van der Waals surface area contributed by atoms with Gasteiger partial charge in [0.15, 0.2) is 0 Å². The van der Waals surface area contributed by atoms with E-state index in [2.05, 4.69) is 32.8 Å². The quantitative estimate of drug-likeness (QED) is 0.684. The first-order valence-electron chi connectivity index (χ1n) is 3.88. The van der Waals surface area contributed by atoms with Crippen LogP contribution in [0.4, 0.5) is 11.5 Å². The van der Waals surface area contributed by atoms with Crippen molar-refractivity contribution in [3.63, 3.8) is 0 Å². The minimum absolute atomic E-state index is 0.0721. The molecule has 0 saturated heterocycles. The molecule has 1 heterocycles. The average Bonchev–Trinajstić information content (AvgIpc) is 2.15. The SMILES string of the molecule is C=C(Cl)CNc1ncc([N+](=O)[O-])cc1Br. The lowest BCUT2D eigenvalue weighted by Crippen LogP contribution is -2.04. The van der Waals surface area contributed by atoms with Gasteiger partial charge in [0.05, 0.1) is 15.9 Å². The third-order valence-electron chi connectivity index (χ3n) is 1.49. The summed E-state index contributed by atoms with van der Waals surface area (Å²) >= 11 is 8.72. The lowest BCUT2D eigenvalue weighted by molar-refractivity contribution is -0.385. The summed E-state index contributed by atoms with van der Waals surface area (Å²) < 4.78 is 0.509. The van der Waals surface area contributed by atoms with E-state index in [1.54, 1.807) is 0 Å². The predicted molar refractivity (Wildman–Crippen MR) is 62.1 cm³/mol. The van der Waals surface area contributed by atoms with Crippen LogP contribution in [0.1, 0.15) is 0 Å². The van der Waals surface area contributed by atoms with Gasteiger partial charge < -0.3 is 5.32 Å². The van der Waals surface area contributed by atoms with Gasteiger partial charge >= 0.3 is 0 Å². The Labute approximate surface area is 99.4 Å². The molecule has 7 heteroatoms. The number of nitrogens with zero attached hydrogens (tertiary/aromatic N) is 2. The molecular weight excluding hydrogens is 285 g/mol. The summed E-state index contributed by atoms with van der Waals surface area (Å²) in [5.41, 5.74) is -0.0721. The van der Waals surface area contributed by atoms with Crippen molar-refractivity contribution in [1.82, 2.24) is 4.98 Å². The van der Waals surface area contributed by atoms with Crippen LogP contribution in [0.5, 0.6) is 0 Å². The number of anilines is 1. The highest BCUT2D eigenvalue weighted by atomic mass is 79.9. The first-order valence-corrected chi connectivity index (χ1v) is 5.05. The molecule has 1 rings (SSSR count). The second-order valence-electron chi connectivity index (χ2n) is 2.65. The fraction of sp³-hybridized carbons (Fsp3) is 0.125. The minimum Gasteiger partial charge on any atom is -0.364 e. The Morgan fingerprint density at radius 2 is 2.47 bits per heavy atom. The smallest absolute Gasteiger partial charge is 0.288 e. The Bertz CT molecular complexity index is 411. The van der Waals surface area contributed by atoms with Crippen LogP contribution in [0.3, 0.4) is 0 Å². The Balaban J connectivity index is 2.83. The van der Waals surface area contributed by atoms with Crippen molar-refractivity contribution in [2.45, 2.75) is 0 Å². The summed E-state index contributed by atoms with van der Waals surface area (Å²) in [6, 6.07) is 1.37. The van der Waals surface area contributed by atoms with Gasteiger partial charge in [-0.2, -0.15) is 0 Å². The normalized spacial score (nSPS) is 9.73. The number of hydrogen-bond donors (Lipinski definition) is 1. The van der Waals surface area contributed by atoms with Crippen molar-refractivity contribution in [2.75, 3.05) is 11.9 Å². The largest absolute Gasteiger partial charge is 0.364 e. The highest BCUT2D eigenvalue weighted by Gasteiger charge is 2.09. The average molecular weight is 293 g/mol. The summed E-state index contributed by atoms with van der Waals surface area (Å²) in [5, 5.41) is 13.7. The van der Waals surface area contributed by atoms with Crippen molar-refractivity contribution in [1.29, 1.82) is 0 Å². The number of pyridine rings is 1. The molecule has 0 radical (unpaired) electrons. The molecule has 15 heavy (non-hydrogen) atoms. The van der Waals surface area contributed by atoms with E-state index in [0.717, 1.165) is 0 Å². The van der Waals surface area contributed by atoms with Crippen molar-refractivity contribution in [2.24, 2.45) is 0 Å². The Morgan fingerprint density at radius 1 is 1.80 bits per heavy atom. The molecule has 0 aliphatic rings. The maximum absolute atomic E-state index is 10.4. The number of rotatable bonds is 4. The lowest BCUT2D eigenvalue weighted by atomic mass is 10.4. The molecule has 0 aliphatic heterocycles. The van der Waals surface area contributed by atoms with Gasteiger partial charge in [-0.3, -0.25) is 10.1 Å². The lowest BCUT2D eigenvalue weighted by Gasteiger charge is -2.05. The monoisotopic (exact) mass is 291 g/mol. The topological polar surface area (TPSA) is 68.1 Å². The van der Waals surface area contributed by atoms with E-state index in [0.29, 0.717) is 21.9 Å². The standard InChI is InChI=1S/C8H7BrClN3O2/c1-5(10)3-11-8-7(9)2-6(4-12-8)13(14)15/h2,4H,1,3H2,(H,11,12). The number of halogens is 2. The van der Waals surface area contributed by atoms with Gasteiger partial charge in [-0.15, -0.1) is 0 Å². The first kappa shape index (κ1) is 11.9. The zero-order valence-electron chi connectivity index (χ0n) is 7.54. The molecule has 0 atom stereocenters. The number of hydrogen-bond acceptors (Lipinski definition) is 4. The molecule has 0 spiro atoms. The van der Waals surface area contributed by atoms with Crippen LogP contribution in [0.15, 0.2) is 28.3 Å². The Hall–Kier alpha value is -1.14. The highest BCUT2D eigenvalue weighted by Crippen LogP contribution is 2.24. The molecule has 1 aromatic heterocycles. The molecule has 0 bridgehead atoms. The molecule has 5 nitrogen and oxygen atoms in total. The van der Waals surface area contributed by atoms with E-state index in [-0.39, 0.29) is 5.69 Å². The zero-order valence-corrected chi connectivity index (χ0v) is 9.88. The molecule has 1 N–H and O–H groups in total. The molecule has 0 fully saturated rings. The first-order chi connectivity index (χ1) is 7.00. The van der Waals surface area contributed by atoms with Crippen LogP contribution in [0.25, 0.3) is 0 Å². The Kier molecular flexibility index (Phi) is 4.05. The van der Waals surface area contributed by atoms with Crippen LogP contribution >= 0.6 is 27.5 Å². The van der Waals surface area contributed by atoms with Crippen molar-refractivity contribution < 1.29 is 4.92 Å². The second kappa shape index (κ2) is 5.09. The predicted octanol–water partition coefficient (Wildman–Crippen LogP) is 2.92. The molecule has 0 unspecified atom stereocenters. The summed E-state index contributed by atoms with van der Waals surface area (Å²) in [7, 11) is 0. The van der Waals surface area contributed by atoms with Crippen LogP contribution in [-0.4, -0.2) is 16.5 Å². The van der Waals surface area contributed by atoms with Crippen LogP contribution < -0.4 is 5.32 Å². The summed E-state index contributed by atoms with van der Waals surface area (Å²) in [5.74, 6) is 0.488. The molecule has 0 saturated carbocycles. The van der Waals surface area contributed by atoms with Gasteiger partial charge in [0.1, 0.15) is 12.0 Å². The van der Waals surface area contributed by atoms with Gasteiger partial charge in [-0.1, -0.05) is 18.2 Å². The number of nitrogens with one attached hydrogen (secondary N) is 1. The number of aromatic nitrogens is 1. The summed E-state index contributed by atoms with van der Waals surface area (Å²) in [6.07, 6.45) is 1.17. The van der Waals surface area contributed by atoms with Gasteiger partial charge in [-0.05, 0) is 15.9 Å². The minimum atomic E-state index is -0.512. The van der Waals surface area contributed by atoms with Crippen LogP contribution in [0, 0.1) is 10.1 Å². The van der Waals surface area contributed by atoms with Crippen molar-refractivity contribution in [3.8, 4) is 0 Å². The zero-order chi connectivity index (χ0) is 11.4. The van der Waals surface area contributed by atoms with Crippen LogP contribution in [0.2, 0.25) is 0 Å². The van der Waals surface area contributed by atoms with E-state index < -0.39 is 4.92 Å². The fourth-order valence-corrected chi connectivity index (χ4v) is 1.38. The molecule has 1 aromatic rings. The van der Waals surface area contributed by atoms with Crippen LogP contribution in [-0.2, 0) is 0 Å². The summed E-state index contributed by atoms with van der Waals surface area (Å²) in [6.45, 7) is 3.85. The van der Waals surface area contributed by atoms with E-state index in [1.807, 2.05) is 0 Å². The molecule has 0 aromatic carbocycles. The fourth-order valence-electron chi connectivity index (χ4n) is 0.837. The number of nitro groups is 1. The summed E-state index contributed by atoms with van der Waals surface area (Å²) in [4.78, 5) is 13.8. The molecule has 0 aliphatic carbocycles. The van der Waals surface area contributed by atoms with E-state index in [1.165, 1.54) is 12.3 Å². The third-order valence-corrected chi connectivity index (χ3v) is 2.22.